The maximum atomic E-state index is 12.6. The fourth-order valence-electron chi connectivity index (χ4n) is 2.86. The summed E-state index contributed by atoms with van der Waals surface area (Å²) in [7, 11) is 4.05. The van der Waals surface area contributed by atoms with Crippen molar-refractivity contribution in [1.29, 1.82) is 0 Å². The SMILES string of the molecule is CC(CN(C)C)N1C(=O)N(c2cccc(Cl)c2)CC1C.Cl. The number of carbonyl (C=O) groups excluding carboxylic acids is 1. The van der Waals surface area contributed by atoms with E-state index in [1.807, 2.05) is 48.2 Å². The van der Waals surface area contributed by atoms with Gasteiger partial charge in [0.15, 0.2) is 0 Å². The quantitative estimate of drug-likeness (QED) is 0.845. The van der Waals surface area contributed by atoms with Gasteiger partial charge in [-0.05, 0) is 46.1 Å². The van der Waals surface area contributed by atoms with Gasteiger partial charge in [0.1, 0.15) is 0 Å². The van der Waals surface area contributed by atoms with E-state index in [1.54, 1.807) is 0 Å². The smallest absolute Gasteiger partial charge is 0.316 e. The molecule has 1 aromatic rings. The first kappa shape index (κ1) is 18.1. The van der Waals surface area contributed by atoms with E-state index in [0.717, 1.165) is 12.2 Å². The van der Waals surface area contributed by atoms with Gasteiger partial charge in [0, 0.05) is 35.9 Å². The molecule has 2 atom stereocenters. The van der Waals surface area contributed by atoms with Gasteiger partial charge in [-0.3, -0.25) is 4.90 Å². The molecule has 1 aromatic carbocycles. The lowest BCUT2D eigenvalue weighted by Gasteiger charge is -2.30. The van der Waals surface area contributed by atoms with Crippen LogP contribution in [0.15, 0.2) is 24.3 Å². The predicted molar refractivity (Wildman–Crippen MR) is 90.8 cm³/mol. The second-order valence-electron chi connectivity index (χ2n) is 5.74. The fraction of sp³-hybridized carbons (Fsp3) is 0.533. The molecular formula is C15H23Cl2N3O. The number of urea groups is 1. The molecule has 0 bridgehead atoms. The minimum Gasteiger partial charge on any atom is -0.316 e. The van der Waals surface area contributed by atoms with E-state index in [0.29, 0.717) is 11.6 Å². The van der Waals surface area contributed by atoms with Gasteiger partial charge in [-0.25, -0.2) is 4.79 Å². The largest absolute Gasteiger partial charge is 0.325 e. The van der Waals surface area contributed by atoms with Crippen LogP contribution in [0, 0.1) is 0 Å². The molecule has 1 aliphatic heterocycles. The van der Waals surface area contributed by atoms with Crippen LogP contribution in [-0.4, -0.2) is 55.1 Å². The molecule has 4 nitrogen and oxygen atoms in total. The zero-order valence-corrected chi connectivity index (χ0v) is 14.5. The van der Waals surface area contributed by atoms with Crippen molar-refractivity contribution in [1.82, 2.24) is 9.80 Å². The van der Waals surface area contributed by atoms with Crippen molar-refractivity contribution in [3.8, 4) is 0 Å². The molecule has 0 N–H and O–H groups in total. The van der Waals surface area contributed by atoms with Crippen LogP contribution in [-0.2, 0) is 0 Å². The molecule has 2 amide bonds. The molecule has 6 heteroatoms. The summed E-state index contributed by atoms with van der Waals surface area (Å²) >= 11 is 6.02. The minimum atomic E-state index is 0. The monoisotopic (exact) mass is 331 g/mol. The second kappa shape index (κ2) is 7.34. The van der Waals surface area contributed by atoms with Crippen LogP contribution in [0.3, 0.4) is 0 Å². The van der Waals surface area contributed by atoms with E-state index in [4.69, 9.17) is 11.6 Å². The summed E-state index contributed by atoms with van der Waals surface area (Å²) in [4.78, 5) is 18.5. The lowest BCUT2D eigenvalue weighted by molar-refractivity contribution is 0.170. The van der Waals surface area contributed by atoms with Gasteiger partial charge in [0.2, 0.25) is 0 Å². The number of amides is 2. The highest BCUT2D eigenvalue weighted by molar-refractivity contribution is 6.30. The molecule has 0 aromatic heterocycles. The standard InChI is InChI=1S/C15H22ClN3O.ClH/c1-11(9-17(3)4)19-12(2)10-18(15(19)20)14-7-5-6-13(16)8-14;/h5-8,11-12H,9-10H2,1-4H3;1H. The Labute approximate surface area is 138 Å². The lowest BCUT2D eigenvalue weighted by atomic mass is 10.2. The topological polar surface area (TPSA) is 26.8 Å². The van der Waals surface area contributed by atoms with E-state index < -0.39 is 0 Å². The van der Waals surface area contributed by atoms with E-state index in [2.05, 4.69) is 18.7 Å². The first-order valence-corrected chi connectivity index (χ1v) is 7.28. The summed E-state index contributed by atoms with van der Waals surface area (Å²) in [5.41, 5.74) is 0.869. The number of anilines is 1. The summed E-state index contributed by atoms with van der Waals surface area (Å²) in [6.07, 6.45) is 0. The van der Waals surface area contributed by atoms with Crippen LogP contribution in [0.25, 0.3) is 0 Å². The molecule has 0 saturated carbocycles. The highest BCUT2D eigenvalue weighted by Crippen LogP contribution is 2.27. The Morgan fingerprint density at radius 3 is 2.67 bits per heavy atom. The van der Waals surface area contributed by atoms with Crippen molar-refractivity contribution < 1.29 is 4.79 Å². The van der Waals surface area contributed by atoms with E-state index in [-0.39, 0.29) is 30.5 Å². The Bertz CT molecular complexity index is 496. The summed E-state index contributed by atoms with van der Waals surface area (Å²) < 4.78 is 0. The Morgan fingerprint density at radius 2 is 2.10 bits per heavy atom. The van der Waals surface area contributed by atoms with Crippen molar-refractivity contribution in [2.45, 2.75) is 25.9 Å². The minimum absolute atomic E-state index is 0. The molecule has 1 fully saturated rings. The van der Waals surface area contributed by atoms with Crippen LogP contribution in [0.1, 0.15) is 13.8 Å². The zero-order valence-electron chi connectivity index (χ0n) is 12.9. The van der Waals surface area contributed by atoms with E-state index >= 15 is 0 Å². The molecule has 0 aliphatic carbocycles. The molecule has 0 radical (unpaired) electrons. The molecule has 2 unspecified atom stereocenters. The third-order valence-corrected chi connectivity index (χ3v) is 3.83. The molecule has 21 heavy (non-hydrogen) atoms. The predicted octanol–water partition coefficient (Wildman–Crippen LogP) is 3.34. The van der Waals surface area contributed by atoms with Crippen molar-refractivity contribution in [3.05, 3.63) is 29.3 Å². The number of benzene rings is 1. The first-order valence-electron chi connectivity index (χ1n) is 6.90. The Hall–Kier alpha value is -0.970. The second-order valence-corrected chi connectivity index (χ2v) is 6.18. The maximum absolute atomic E-state index is 12.6. The summed E-state index contributed by atoms with van der Waals surface area (Å²) in [6, 6.07) is 7.92. The van der Waals surface area contributed by atoms with Gasteiger partial charge >= 0.3 is 6.03 Å². The Kier molecular flexibility index (Phi) is 6.32. The number of hydrogen-bond acceptors (Lipinski definition) is 2. The van der Waals surface area contributed by atoms with Gasteiger partial charge in [-0.15, -0.1) is 12.4 Å². The van der Waals surface area contributed by atoms with E-state index in [9.17, 15) is 4.79 Å². The molecule has 118 valence electrons. The van der Waals surface area contributed by atoms with Gasteiger partial charge in [-0.1, -0.05) is 17.7 Å². The molecule has 1 saturated heterocycles. The van der Waals surface area contributed by atoms with Crippen molar-refractivity contribution in [2.24, 2.45) is 0 Å². The van der Waals surface area contributed by atoms with Crippen molar-refractivity contribution >= 4 is 35.7 Å². The maximum Gasteiger partial charge on any atom is 0.325 e. The lowest BCUT2D eigenvalue weighted by Crippen LogP contribution is -2.45. The van der Waals surface area contributed by atoms with Crippen LogP contribution < -0.4 is 4.90 Å². The van der Waals surface area contributed by atoms with Gasteiger partial charge in [0.25, 0.3) is 0 Å². The van der Waals surface area contributed by atoms with E-state index in [1.165, 1.54) is 0 Å². The van der Waals surface area contributed by atoms with Crippen LogP contribution in [0.5, 0.6) is 0 Å². The number of halogens is 2. The number of rotatable bonds is 4. The van der Waals surface area contributed by atoms with Gasteiger partial charge in [0.05, 0.1) is 0 Å². The average molecular weight is 332 g/mol. The van der Waals surface area contributed by atoms with Crippen molar-refractivity contribution in [3.63, 3.8) is 0 Å². The summed E-state index contributed by atoms with van der Waals surface area (Å²) in [5.74, 6) is 0. The Morgan fingerprint density at radius 1 is 1.43 bits per heavy atom. The third kappa shape index (κ3) is 4.02. The van der Waals surface area contributed by atoms with Crippen LogP contribution >= 0.6 is 24.0 Å². The van der Waals surface area contributed by atoms with Crippen LogP contribution in [0.2, 0.25) is 5.02 Å². The third-order valence-electron chi connectivity index (χ3n) is 3.60. The number of nitrogens with zero attached hydrogens (tertiary/aromatic N) is 3. The molecule has 0 spiro atoms. The zero-order chi connectivity index (χ0) is 14.9. The average Bonchev–Trinajstić information content (AvgIpc) is 2.64. The molecule has 1 aliphatic rings. The number of carbonyl (C=O) groups is 1. The fourth-order valence-corrected chi connectivity index (χ4v) is 3.04. The van der Waals surface area contributed by atoms with Crippen molar-refractivity contribution in [2.75, 3.05) is 32.1 Å². The summed E-state index contributed by atoms with van der Waals surface area (Å²) in [6.45, 7) is 5.75. The van der Waals surface area contributed by atoms with Crippen LogP contribution in [0.4, 0.5) is 10.5 Å². The highest BCUT2D eigenvalue weighted by atomic mass is 35.5. The number of hydrogen-bond donors (Lipinski definition) is 0. The Balaban J connectivity index is 0.00000220. The van der Waals surface area contributed by atoms with Gasteiger partial charge in [-0.2, -0.15) is 0 Å². The normalized spacial score (nSPS) is 19.9. The highest BCUT2D eigenvalue weighted by Gasteiger charge is 2.38. The summed E-state index contributed by atoms with van der Waals surface area (Å²) in [5, 5.41) is 0.655. The molecular weight excluding hydrogens is 309 g/mol. The number of likely N-dealkylation sites (N-methyl/N-ethyl adjacent to an activating group) is 1. The van der Waals surface area contributed by atoms with Gasteiger partial charge < -0.3 is 9.80 Å². The first-order chi connectivity index (χ1) is 9.40. The molecule has 1 heterocycles. The molecule has 2 rings (SSSR count).